The topological polar surface area (TPSA) is 66.8 Å². The number of carboxylic acid groups (broad SMARTS) is 1. The van der Waals surface area contributed by atoms with Gasteiger partial charge in [-0.15, -0.1) is 0 Å². The number of carbonyl (C=O) groups is 2. The molecule has 0 atom stereocenters. The van der Waals surface area contributed by atoms with Crippen LogP contribution in [0.25, 0.3) is 11.1 Å². The van der Waals surface area contributed by atoms with Crippen LogP contribution in [0.5, 0.6) is 0 Å². The third-order valence-corrected chi connectivity index (χ3v) is 4.91. The van der Waals surface area contributed by atoms with Crippen LogP contribution < -0.4 is 0 Å². The predicted molar refractivity (Wildman–Crippen MR) is 103 cm³/mol. The van der Waals surface area contributed by atoms with Crippen LogP contribution in [-0.2, 0) is 20.7 Å². The van der Waals surface area contributed by atoms with E-state index in [4.69, 9.17) is 9.84 Å². The average molecular weight is 367 g/mol. The van der Waals surface area contributed by atoms with Crippen molar-refractivity contribution in [3.63, 3.8) is 0 Å². The molecule has 2 aromatic carbocycles. The summed E-state index contributed by atoms with van der Waals surface area (Å²) in [5.41, 5.74) is 3.11. The van der Waals surface area contributed by atoms with Crippen LogP contribution in [0, 0.1) is 0 Å². The number of piperidine rings is 1. The molecular formula is C22H25NO4. The van der Waals surface area contributed by atoms with E-state index in [1.807, 2.05) is 54.6 Å². The maximum absolute atomic E-state index is 12.4. The molecule has 1 heterocycles. The summed E-state index contributed by atoms with van der Waals surface area (Å²) in [5, 5.41) is 8.76. The fraction of sp³-hybridized carbons (Fsp3) is 0.364. The molecule has 0 aromatic heterocycles. The fourth-order valence-corrected chi connectivity index (χ4v) is 3.46. The van der Waals surface area contributed by atoms with Gasteiger partial charge in [-0.2, -0.15) is 0 Å². The number of aliphatic carboxylic acids is 1. The van der Waals surface area contributed by atoms with E-state index >= 15 is 0 Å². The van der Waals surface area contributed by atoms with Gasteiger partial charge in [-0.1, -0.05) is 54.6 Å². The SMILES string of the molecule is O=C(O)CCN1CCC(OC(=O)Cc2ccccc2-c2ccccc2)CC1. The van der Waals surface area contributed by atoms with Crippen molar-refractivity contribution in [3.05, 3.63) is 60.2 Å². The number of nitrogens with zero attached hydrogens (tertiary/aromatic N) is 1. The Kier molecular flexibility index (Phi) is 6.60. The summed E-state index contributed by atoms with van der Waals surface area (Å²) in [6, 6.07) is 17.9. The van der Waals surface area contributed by atoms with E-state index in [-0.39, 0.29) is 24.9 Å². The average Bonchev–Trinajstić information content (AvgIpc) is 2.68. The second kappa shape index (κ2) is 9.33. The summed E-state index contributed by atoms with van der Waals surface area (Å²) in [6.45, 7) is 2.10. The Morgan fingerprint density at radius 3 is 2.37 bits per heavy atom. The number of carbonyl (C=O) groups excluding carboxylic acids is 1. The minimum absolute atomic E-state index is 0.0811. The van der Waals surface area contributed by atoms with E-state index in [1.165, 1.54) is 0 Å². The minimum atomic E-state index is -0.777. The lowest BCUT2D eigenvalue weighted by atomic mass is 9.98. The Labute approximate surface area is 159 Å². The monoisotopic (exact) mass is 367 g/mol. The number of hydrogen-bond acceptors (Lipinski definition) is 4. The third kappa shape index (κ3) is 5.66. The van der Waals surface area contributed by atoms with Crippen molar-refractivity contribution < 1.29 is 19.4 Å². The van der Waals surface area contributed by atoms with Gasteiger partial charge in [-0.25, -0.2) is 0 Å². The fourth-order valence-electron chi connectivity index (χ4n) is 3.46. The molecule has 5 heteroatoms. The number of hydrogen-bond donors (Lipinski definition) is 1. The second-order valence-corrected chi connectivity index (χ2v) is 6.87. The summed E-state index contributed by atoms with van der Waals surface area (Å²) in [6.07, 6.45) is 1.84. The summed E-state index contributed by atoms with van der Waals surface area (Å²) >= 11 is 0. The molecule has 0 aliphatic carbocycles. The molecule has 1 fully saturated rings. The maximum Gasteiger partial charge on any atom is 0.310 e. The Morgan fingerprint density at radius 1 is 1.00 bits per heavy atom. The van der Waals surface area contributed by atoms with Crippen molar-refractivity contribution >= 4 is 11.9 Å². The molecule has 1 aliphatic heterocycles. The summed E-state index contributed by atoms with van der Waals surface area (Å²) in [4.78, 5) is 25.2. The first-order valence-electron chi connectivity index (χ1n) is 9.39. The predicted octanol–water partition coefficient (Wildman–Crippen LogP) is 3.38. The van der Waals surface area contributed by atoms with Crippen molar-refractivity contribution in [2.45, 2.75) is 31.8 Å². The van der Waals surface area contributed by atoms with Crippen molar-refractivity contribution in [1.29, 1.82) is 0 Å². The minimum Gasteiger partial charge on any atom is -0.481 e. The van der Waals surface area contributed by atoms with E-state index in [0.29, 0.717) is 6.54 Å². The number of esters is 1. The summed E-state index contributed by atoms with van der Waals surface area (Å²) in [5.74, 6) is -0.983. The van der Waals surface area contributed by atoms with E-state index in [0.717, 1.165) is 42.6 Å². The van der Waals surface area contributed by atoms with Crippen molar-refractivity contribution in [2.24, 2.45) is 0 Å². The van der Waals surface area contributed by atoms with Crippen molar-refractivity contribution in [1.82, 2.24) is 4.90 Å². The molecule has 5 nitrogen and oxygen atoms in total. The van der Waals surface area contributed by atoms with Crippen LogP contribution in [0.3, 0.4) is 0 Å². The molecule has 1 N–H and O–H groups in total. The zero-order valence-corrected chi connectivity index (χ0v) is 15.3. The lowest BCUT2D eigenvalue weighted by Gasteiger charge is -2.31. The highest BCUT2D eigenvalue weighted by Gasteiger charge is 2.23. The molecule has 3 rings (SSSR count). The van der Waals surface area contributed by atoms with Gasteiger partial charge in [0.1, 0.15) is 6.10 Å². The summed E-state index contributed by atoms with van der Waals surface area (Å²) < 4.78 is 5.68. The van der Waals surface area contributed by atoms with Gasteiger partial charge >= 0.3 is 11.9 Å². The lowest BCUT2D eigenvalue weighted by molar-refractivity contribution is -0.150. The molecule has 27 heavy (non-hydrogen) atoms. The highest BCUT2D eigenvalue weighted by molar-refractivity contribution is 5.78. The molecular weight excluding hydrogens is 342 g/mol. The van der Waals surface area contributed by atoms with Crippen LogP contribution in [0.2, 0.25) is 0 Å². The Balaban J connectivity index is 1.53. The molecule has 0 radical (unpaired) electrons. The molecule has 0 spiro atoms. The van der Waals surface area contributed by atoms with Crippen LogP contribution in [0.4, 0.5) is 0 Å². The first kappa shape index (κ1) is 19.1. The Morgan fingerprint density at radius 2 is 1.67 bits per heavy atom. The van der Waals surface area contributed by atoms with Crippen LogP contribution in [0.15, 0.2) is 54.6 Å². The molecule has 0 bridgehead atoms. The van der Waals surface area contributed by atoms with Gasteiger partial charge in [0.2, 0.25) is 0 Å². The first-order valence-corrected chi connectivity index (χ1v) is 9.39. The van der Waals surface area contributed by atoms with Crippen molar-refractivity contribution in [2.75, 3.05) is 19.6 Å². The first-order chi connectivity index (χ1) is 13.1. The number of rotatable bonds is 7. The standard InChI is InChI=1S/C22H25NO4/c24-21(25)12-15-23-13-10-19(11-14-23)27-22(26)16-18-8-4-5-9-20(18)17-6-2-1-3-7-17/h1-9,19H,10-16H2,(H,24,25). The van der Waals surface area contributed by atoms with Gasteiger partial charge < -0.3 is 14.7 Å². The quantitative estimate of drug-likeness (QED) is 0.760. The van der Waals surface area contributed by atoms with Gasteiger partial charge in [0.05, 0.1) is 12.8 Å². The van der Waals surface area contributed by atoms with Crippen LogP contribution >= 0.6 is 0 Å². The Hall–Kier alpha value is -2.66. The lowest BCUT2D eigenvalue weighted by Crippen LogP contribution is -2.39. The zero-order chi connectivity index (χ0) is 19.1. The molecule has 0 saturated carbocycles. The van der Waals surface area contributed by atoms with Gasteiger partial charge in [0.15, 0.2) is 0 Å². The summed E-state index contributed by atoms with van der Waals surface area (Å²) in [7, 11) is 0. The normalized spacial score (nSPS) is 15.4. The molecule has 0 amide bonds. The van der Waals surface area contributed by atoms with Gasteiger partial charge in [0.25, 0.3) is 0 Å². The molecule has 1 saturated heterocycles. The molecule has 1 aliphatic rings. The largest absolute Gasteiger partial charge is 0.481 e. The van der Waals surface area contributed by atoms with E-state index < -0.39 is 5.97 Å². The maximum atomic E-state index is 12.4. The highest BCUT2D eigenvalue weighted by atomic mass is 16.5. The number of benzene rings is 2. The smallest absolute Gasteiger partial charge is 0.310 e. The number of likely N-dealkylation sites (tertiary alicyclic amines) is 1. The second-order valence-electron chi connectivity index (χ2n) is 6.87. The third-order valence-electron chi connectivity index (χ3n) is 4.91. The molecule has 142 valence electrons. The van der Waals surface area contributed by atoms with E-state index in [9.17, 15) is 9.59 Å². The number of carboxylic acids is 1. The van der Waals surface area contributed by atoms with E-state index in [1.54, 1.807) is 0 Å². The van der Waals surface area contributed by atoms with E-state index in [2.05, 4.69) is 4.90 Å². The van der Waals surface area contributed by atoms with Gasteiger partial charge in [-0.05, 0) is 29.5 Å². The van der Waals surface area contributed by atoms with Crippen LogP contribution in [0.1, 0.15) is 24.8 Å². The van der Waals surface area contributed by atoms with Gasteiger partial charge in [-0.3, -0.25) is 9.59 Å². The van der Waals surface area contributed by atoms with Crippen LogP contribution in [-0.4, -0.2) is 47.7 Å². The Bertz CT molecular complexity index is 767. The number of ether oxygens (including phenoxy) is 1. The van der Waals surface area contributed by atoms with Gasteiger partial charge in [0, 0.05) is 19.6 Å². The molecule has 2 aromatic rings. The van der Waals surface area contributed by atoms with Crippen molar-refractivity contribution in [3.8, 4) is 11.1 Å². The molecule has 0 unspecified atom stereocenters. The highest BCUT2D eigenvalue weighted by Crippen LogP contribution is 2.24. The zero-order valence-electron chi connectivity index (χ0n) is 15.3.